The van der Waals surface area contributed by atoms with E-state index in [-0.39, 0.29) is 0 Å². The van der Waals surface area contributed by atoms with Crippen LogP contribution in [0.4, 0.5) is 0 Å². The summed E-state index contributed by atoms with van der Waals surface area (Å²) >= 11 is 0. The van der Waals surface area contributed by atoms with Crippen LogP contribution >= 0.6 is 0 Å². The SMILES string of the molecule is Cc1nc(-c2ccc(-c3cccc4ccccc34)cc2)co1. The maximum atomic E-state index is 5.28. The van der Waals surface area contributed by atoms with Crippen molar-refractivity contribution in [3.05, 3.63) is 78.9 Å². The Bertz CT molecular complexity index is 930. The molecule has 4 aromatic rings. The smallest absolute Gasteiger partial charge is 0.191 e. The normalized spacial score (nSPS) is 11.0. The van der Waals surface area contributed by atoms with E-state index in [1.165, 1.54) is 21.9 Å². The van der Waals surface area contributed by atoms with Crippen molar-refractivity contribution in [2.24, 2.45) is 0 Å². The van der Waals surface area contributed by atoms with E-state index >= 15 is 0 Å². The highest BCUT2D eigenvalue weighted by molar-refractivity contribution is 5.96. The summed E-state index contributed by atoms with van der Waals surface area (Å²) in [5.41, 5.74) is 4.41. The fraction of sp³-hybridized carbons (Fsp3) is 0.0500. The van der Waals surface area contributed by atoms with Crippen molar-refractivity contribution >= 4 is 10.8 Å². The molecule has 0 spiro atoms. The Hall–Kier alpha value is -2.87. The van der Waals surface area contributed by atoms with Gasteiger partial charge < -0.3 is 4.42 Å². The molecule has 0 saturated heterocycles. The molecule has 0 radical (unpaired) electrons. The van der Waals surface area contributed by atoms with Crippen molar-refractivity contribution < 1.29 is 4.42 Å². The van der Waals surface area contributed by atoms with Crippen molar-refractivity contribution in [3.8, 4) is 22.4 Å². The van der Waals surface area contributed by atoms with Gasteiger partial charge >= 0.3 is 0 Å². The highest BCUT2D eigenvalue weighted by atomic mass is 16.3. The van der Waals surface area contributed by atoms with Gasteiger partial charge in [-0.3, -0.25) is 0 Å². The standard InChI is InChI=1S/C20H15NO/c1-14-21-20(13-22-14)17-11-9-16(10-12-17)19-8-4-6-15-5-2-3-7-18(15)19/h2-13H,1H3. The molecule has 0 aliphatic carbocycles. The molecule has 0 unspecified atom stereocenters. The summed E-state index contributed by atoms with van der Waals surface area (Å²) in [6.45, 7) is 1.86. The van der Waals surface area contributed by atoms with Gasteiger partial charge in [0.1, 0.15) is 12.0 Å². The van der Waals surface area contributed by atoms with Crippen molar-refractivity contribution in [2.75, 3.05) is 0 Å². The lowest BCUT2D eigenvalue weighted by Gasteiger charge is -2.07. The largest absolute Gasteiger partial charge is 0.449 e. The molecule has 4 rings (SSSR count). The first-order valence-electron chi connectivity index (χ1n) is 7.32. The van der Waals surface area contributed by atoms with Crippen LogP contribution in [0.2, 0.25) is 0 Å². The Morgan fingerprint density at radius 3 is 2.27 bits per heavy atom. The van der Waals surface area contributed by atoms with E-state index in [1.54, 1.807) is 6.26 Å². The third kappa shape index (κ3) is 2.19. The van der Waals surface area contributed by atoms with E-state index in [9.17, 15) is 0 Å². The van der Waals surface area contributed by atoms with Crippen LogP contribution in [0, 0.1) is 6.92 Å². The Balaban J connectivity index is 1.79. The Labute approximate surface area is 129 Å². The van der Waals surface area contributed by atoms with E-state index in [2.05, 4.69) is 71.7 Å². The minimum Gasteiger partial charge on any atom is -0.449 e. The van der Waals surface area contributed by atoms with Crippen molar-refractivity contribution in [3.63, 3.8) is 0 Å². The first-order chi connectivity index (χ1) is 10.8. The lowest BCUT2D eigenvalue weighted by Crippen LogP contribution is -1.83. The molecular weight excluding hydrogens is 270 g/mol. The van der Waals surface area contributed by atoms with Crippen LogP contribution in [0.3, 0.4) is 0 Å². The van der Waals surface area contributed by atoms with Gasteiger partial charge in [0.05, 0.1) is 0 Å². The Kier molecular flexibility index (Phi) is 3.01. The summed E-state index contributed by atoms with van der Waals surface area (Å²) in [6, 6.07) is 23.3. The number of aromatic nitrogens is 1. The lowest BCUT2D eigenvalue weighted by atomic mass is 9.97. The Morgan fingerprint density at radius 2 is 1.50 bits per heavy atom. The van der Waals surface area contributed by atoms with E-state index in [1.807, 2.05) is 6.92 Å². The van der Waals surface area contributed by atoms with Crippen molar-refractivity contribution in [1.29, 1.82) is 0 Å². The number of hydrogen-bond acceptors (Lipinski definition) is 2. The van der Waals surface area contributed by atoms with Gasteiger partial charge in [0.2, 0.25) is 0 Å². The molecule has 0 bridgehead atoms. The zero-order valence-corrected chi connectivity index (χ0v) is 12.3. The van der Waals surface area contributed by atoms with Crippen LogP contribution < -0.4 is 0 Å². The summed E-state index contributed by atoms with van der Waals surface area (Å²) in [4.78, 5) is 4.37. The number of aryl methyl sites for hydroxylation is 1. The van der Waals surface area contributed by atoms with Gasteiger partial charge in [-0.15, -0.1) is 0 Å². The fourth-order valence-electron chi connectivity index (χ4n) is 2.79. The molecule has 1 heterocycles. The number of hydrogen-bond donors (Lipinski definition) is 0. The molecule has 0 N–H and O–H groups in total. The molecule has 0 atom stereocenters. The molecule has 0 aliphatic rings. The molecule has 2 nitrogen and oxygen atoms in total. The molecule has 0 fully saturated rings. The van der Waals surface area contributed by atoms with Gasteiger partial charge in [0.15, 0.2) is 5.89 Å². The summed E-state index contributed by atoms with van der Waals surface area (Å²) in [5, 5.41) is 2.53. The van der Waals surface area contributed by atoms with Crippen LogP contribution in [0.25, 0.3) is 33.2 Å². The monoisotopic (exact) mass is 285 g/mol. The molecule has 2 heteroatoms. The topological polar surface area (TPSA) is 26.0 Å². The third-order valence-electron chi connectivity index (χ3n) is 3.90. The van der Waals surface area contributed by atoms with Gasteiger partial charge in [0.25, 0.3) is 0 Å². The van der Waals surface area contributed by atoms with Gasteiger partial charge in [-0.25, -0.2) is 4.98 Å². The van der Waals surface area contributed by atoms with Crippen LogP contribution in [0.1, 0.15) is 5.89 Å². The highest BCUT2D eigenvalue weighted by Gasteiger charge is 2.06. The third-order valence-corrected chi connectivity index (χ3v) is 3.90. The molecule has 0 saturated carbocycles. The second kappa shape index (κ2) is 5.15. The Morgan fingerprint density at radius 1 is 0.773 bits per heavy atom. The maximum absolute atomic E-state index is 5.28. The second-order valence-corrected chi connectivity index (χ2v) is 5.36. The number of rotatable bonds is 2. The number of nitrogens with zero attached hydrogens (tertiary/aromatic N) is 1. The van der Waals surface area contributed by atoms with E-state index < -0.39 is 0 Å². The molecule has 1 aromatic heterocycles. The van der Waals surface area contributed by atoms with E-state index in [0.29, 0.717) is 5.89 Å². The van der Waals surface area contributed by atoms with Crippen LogP contribution in [-0.2, 0) is 0 Å². The van der Waals surface area contributed by atoms with Crippen LogP contribution in [0.5, 0.6) is 0 Å². The van der Waals surface area contributed by atoms with Gasteiger partial charge in [-0.1, -0.05) is 66.7 Å². The van der Waals surface area contributed by atoms with E-state index in [0.717, 1.165) is 11.3 Å². The number of fused-ring (bicyclic) bond motifs is 1. The molecular formula is C20H15NO. The summed E-state index contributed by atoms with van der Waals surface area (Å²) in [6.07, 6.45) is 1.70. The fourth-order valence-corrected chi connectivity index (χ4v) is 2.79. The minimum absolute atomic E-state index is 0.688. The minimum atomic E-state index is 0.688. The predicted molar refractivity (Wildman–Crippen MR) is 89.6 cm³/mol. The molecule has 0 amide bonds. The number of oxazole rings is 1. The first-order valence-corrected chi connectivity index (χ1v) is 7.32. The van der Waals surface area contributed by atoms with Crippen molar-refractivity contribution in [1.82, 2.24) is 4.98 Å². The summed E-state index contributed by atoms with van der Waals surface area (Å²) in [7, 11) is 0. The van der Waals surface area contributed by atoms with Gasteiger partial charge in [-0.05, 0) is 21.9 Å². The average Bonchev–Trinajstić information content (AvgIpc) is 3.01. The molecule has 22 heavy (non-hydrogen) atoms. The highest BCUT2D eigenvalue weighted by Crippen LogP contribution is 2.30. The molecule has 0 aliphatic heterocycles. The zero-order valence-electron chi connectivity index (χ0n) is 12.3. The lowest BCUT2D eigenvalue weighted by molar-refractivity contribution is 0.521. The summed E-state index contributed by atoms with van der Waals surface area (Å²) in [5.74, 6) is 0.688. The average molecular weight is 285 g/mol. The van der Waals surface area contributed by atoms with E-state index in [4.69, 9.17) is 4.42 Å². The molecule has 3 aromatic carbocycles. The van der Waals surface area contributed by atoms with Crippen LogP contribution in [-0.4, -0.2) is 4.98 Å². The quantitative estimate of drug-likeness (QED) is 0.488. The first kappa shape index (κ1) is 12.8. The molecule has 106 valence electrons. The van der Waals surface area contributed by atoms with Gasteiger partial charge in [-0.2, -0.15) is 0 Å². The van der Waals surface area contributed by atoms with Gasteiger partial charge in [0, 0.05) is 12.5 Å². The summed E-state index contributed by atoms with van der Waals surface area (Å²) < 4.78 is 5.28. The maximum Gasteiger partial charge on any atom is 0.191 e. The number of benzene rings is 3. The van der Waals surface area contributed by atoms with Crippen molar-refractivity contribution in [2.45, 2.75) is 6.92 Å². The predicted octanol–water partition coefficient (Wildman–Crippen LogP) is 5.47. The zero-order chi connectivity index (χ0) is 14.9. The second-order valence-electron chi connectivity index (χ2n) is 5.36. The van der Waals surface area contributed by atoms with Crippen LogP contribution in [0.15, 0.2) is 77.4 Å².